The van der Waals surface area contributed by atoms with E-state index in [2.05, 4.69) is 30.6 Å². The topological polar surface area (TPSA) is 93.4 Å². The molecule has 3 N–H and O–H groups in total. The molecule has 2 aromatic heterocycles. The average molecular weight is 487 g/mol. The molecule has 33 heavy (non-hydrogen) atoms. The Morgan fingerprint density at radius 2 is 1.76 bits per heavy atom. The Hall–Kier alpha value is -2.46. The molecule has 1 aliphatic carbocycles. The lowest BCUT2D eigenvalue weighted by Gasteiger charge is -2.32. The molecule has 2 unspecified atom stereocenters. The summed E-state index contributed by atoms with van der Waals surface area (Å²) >= 11 is 7.52. The van der Waals surface area contributed by atoms with Gasteiger partial charge >= 0.3 is 0 Å². The Morgan fingerprint density at radius 1 is 1.06 bits per heavy atom. The van der Waals surface area contributed by atoms with Gasteiger partial charge in [-0.25, -0.2) is 15.0 Å². The van der Waals surface area contributed by atoms with E-state index < -0.39 is 0 Å². The first-order chi connectivity index (χ1) is 15.9. The van der Waals surface area contributed by atoms with Gasteiger partial charge in [0.1, 0.15) is 5.69 Å². The molecule has 1 saturated carbocycles. The molecule has 8 nitrogen and oxygen atoms in total. The highest BCUT2D eigenvalue weighted by Gasteiger charge is 2.31. The summed E-state index contributed by atoms with van der Waals surface area (Å²) in [7, 11) is 4.04. The van der Waals surface area contributed by atoms with E-state index in [0.29, 0.717) is 22.3 Å². The van der Waals surface area contributed by atoms with Crippen LogP contribution in [0.5, 0.6) is 0 Å². The molecule has 0 saturated heterocycles. The highest BCUT2D eigenvalue weighted by Crippen LogP contribution is 2.27. The number of thiazole rings is 1. The number of hydrogen-bond donors (Lipinski definition) is 3. The first kappa shape index (κ1) is 22.3. The number of benzene rings is 1. The zero-order chi connectivity index (χ0) is 23.1. The Morgan fingerprint density at radius 3 is 2.52 bits per heavy atom. The molecule has 174 valence electrons. The smallest absolute Gasteiger partial charge is 0.280 e. The molecule has 1 fully saturated rings. The van der Waals surface area contributed by atoms with Gasteiger partial charge in [-0.3, -0.25) is 9.59 Å². The molecule has 1 aromatic carbocycles. The number of halogens is 1. The average Bonchev–Trinajstić information content (AvgIpc) is 3.39. The second-order valence-electron chi connectivity index (χ2n) is 8.88. The number of rotatable bonds is 4. The number of aromatic nitrogens is 2. The number of amides is 2. The Labute approximate surface area is 201 Å². The molecule has 1 aliphatic heterocycles. The van der Waals surface area contributed by atoms with Crippen LogP contribution in [0.4, 0.5) is 0 Å². The fourth-order valence-corrected chi connectivity index (χ4v) is 5.77. The maximum Gasteiger partial charge on any atom is 0.280 e. The van der Waals surface area contributed by atoms with E-state index in [1.165, 1.54) is 11.3 Å². The molecular weight excluding hydrogens is 460 g/mol. The van der Waals surface area contributed by atoms with Gasteiger partial charge in [-0.2, -0.15) is 0 Å². The van der Waals surface area contributed by atoms with Gasteiger partial charge in [0, 0.05) is 53.5 Å². The maximum atomic E-state index is 13.0. The predicted octanol–water partition coefficient (Wildman–Crippen LogP) is 3.54. The van der Waals surface area contributed by atoms with Gasteiger partial charge in [0.2, 0.25) is 0 Å². The summed E-state index contributed by atoms with van der Waals surface area (Å²) in [4.78, 5) is 34.9. The molecule has 2 atom stereocenters. The van der Waals surface area contributed by atoms with Crippen LogP contribution in [0.15, 0.2) is 24.3 Å². The van der Waals surface area contributed by atoms with Crippen LogP contribution >= 0.6 is 22.9 Å². The third-order valence-corrected chi connectivity index (χ3v) is 7.85. The van der Waals surface area contributed by atoms with Crippen molar-refractivity contribution in [1.82, 2.24) is 30.6 Å². The largest absolute Gasteiger partial charge is 0.351 e. The van der Waals surface area contributed by atoms with Crippen LogP contribution in [0.2, 0.25) is 5.02 Å². The van der Waals surface area contributed by atoms with Crippen molar-refractivity contribution in [3.8, 4) is 0 Å². The molecule has 3 aromatic rings. The van der Waals surface area contributed by atoms with Crippen LogP contribution in [0.25, 0.3) is 10.9 Å². The third-order valence-electron chi connectivity index (χ3n) is 6.53. The summed E-state index contributed by atoms with van der Waals surface area (Å²) in [6.07, 6.45) is 3.69. The third kappa shape index (κ3) is 4.63. The van der Waals surface area contributed by atoms with Gasteiger partial charge in [-0.1, -0.05) is 24.4 Å². The van der Waals surface area contributed by atoms with Crippen molar-refractivity contribution in [3.05, 3.63) is 50.6 Å². The highest BCUT2D eigenvalue weighted by atomic mass is 35.5. The van der Waals surface area contributed by atoms with E-state index in [0.717, 1.165) is 53.7 Å². The lowest BCUT2D eigenvalue weighted by molar-refractivity contribution is -0.00171. The lowest BCUT2D eigenvalue weighted by atomic mass is 9.90. The Bertz CT molecular complexity index is 1180. The number of fused-ring (bicyclic) bond motifs is 2. The normalized spacial score (nSPS) is 21.7. The zero-order valence-corrected chi connectivity index (χ0v) is 20.2. The highest BCUT2D eigenvalue weighted by molar-refractivity contribution is 7.13. The molecule has 0 spiro atoms. The number of H-pyrrole nitrogens is 1. The van der Waals surface area contributed by atoms with Gasteiger partial charge in [0.25, 0.3) is 11.8 Å². The van der Waals surface area contributed by atoms with Crippen LogP contribution < -0.4 is 10.6 Å². The Balaban J connectivity index is 1.27. The van der Waals surface area contributed by atoms with E-state index in [-0.39, 0.29) is 23.9 Å². The number of carbonyl (C=O) groups is 2. The fourth-order valence-electron chi connectivity index (χ4n) is 4.57. The minimum Gasteiger partial charge on any atom is -0.351 e. The van der Waals surface area contributed by atoms with Crippen LogP contribution in [-0.2, 0) is 13.1 Å². The molecule has 2 amide bonds. The first-order valence-corrected chi connectivity index (χ1v) is 12.4. The Kier molecular flexibility index (Phi) is 6.13. The van der Waals surface area contributed by atoms with Crippen molar-refractivity contribution < 1.29 is 9.59 Å². The number of nitrogens with one attached hydrogen (secondary N) is 3. The van der Waals surface area contributed by atoms with Crippen molar-refractivity contribution in [2.24, 2.45) is 0 Å². The second-order valence-corrected chi connectivity index (χ2v) is 10.4. The zero-order valence-electron chi connectivity index (χ0n) is 18.7. The summed E-state index contributed by atoms with van der Waals surface area (Å²) in [5.41, 5.74) is 2.32. The van der Waals surface area contributed by atoms with Crippen molar-refractivity contribution >= 4 is 45.7 Å². The predicted molar refractivity (Wildman–Crippen MR) is 129 cm³/mol. The maximum absolute atomic E-state index is 13.0. The van der Waals surface area contributed by atoms with Crippen LogP contribution in [0, 0.1) is 0 Å². The van der Waals surface area contributed by atoms with Gasteiger partial charge in [0.15, 0.2) is 5.01 Å². The summed E-state index contributed by atoms with van der Waals surface area (Å²) < 4.78 is 0. The second kappa shape index (κ2) is 9.06. The molecule has 5 rings (SSSR count). The summed E-state index contributed by atoms with van der Waals surface area (Å²) in [6.45, 7) is 1.46. The number of hydrazine groups is 1. The lowest BCUT2D eigenvalue weighted by Crippen LogP contribution is -2.53. The molecule has 0 radical (unpaired) electrons. The van der Waals surface area contributed by atoms with E-state index in [9.17, 15) is 9.59 Å². The van der Waals surface area contributed by atoms with Gasteiger partial charge in [-0.05, 0) is 37.1 Å². The quantitative estimate of drug-likeness (QED) is 0.524. The molecule has 0 bridgehead atoms. The van der Waals surface area contributed by atoms with Crippen LogP contribution in [0.3, 0.4) is 0 Å². The van der Waals surface area contributed by atoms with Crippen molar-refractivity contribution in [3.63, 3.8) is 0 Å². The van der Waals surface area contributed by atoms with Gasteiger partial charge in [0.05, 0.1) is 12.2 Å². The van der Waals surface area contributed by atoms with Crippen molar-refractivity contribution in [2.75, 3.05) is 14.1 Å². The summed E-state index contributed by atoms with van der Waals surface area (Å²) in [6, 6.07) is 7.04. The minimum atomic E-state index is -0.177. The fraction of sp³-hybridized carbons (Fsp3) is 0.435. The minimum absolute atomic E-state index is 0.125. The van der Waals surface area contributed by atoms with E-state index in [4.69, 9.17) is 11.6 Å². The van der Waals surface area contributed by atoms with E-state index in [1.807, 2.05) is 26.2 Å². The standard InChI is InChI=1S/C23H27ClN6O2S/c1-29-11-19-20(12-30(29)2)33-23(28-19)22(32)27-17-6-4-3-5-16(17)26-21(31)18-10-13-9-14(24)7-8-15(13)25-18/h7-10,16-17,25H,3-6,11-12H2,1-2H3,(H,26,31)(H,27,32). The van der Waals surface area contributed by atoms with Crippen LogP contribution in [-0.4, -0.2) is 58.0 Å². The number of carbonyl (C=O) groups excluding carboxylic acids is 2. The SMILES string of the molecule is CN1Cc2nc(C(=O)NC3CCCCC3NC(=O)c3cc4cc(Cl)ccc4[nH]3)sc2CN1C. The van der Waals surface area contributed by atoms with Gasteiger partial charge in [-0.15, -0.1) is 11.3 Å². The van der Waals surface area contributed by atoms with Gasteiger partial charge < -0.3 is 15.6 Å². The number of hydrogen-bond acceptors (Lipinski definition) is 6. The molecule has 3 heterocycles. The monoisotopic (exact) mass is 486 g/mol. The number of nitrogens with zero attached hydrogens (tertiary/aromatic N) is 3. The molecule has 10 heteroatoms. The van der Waals surface area contributed by atoms with E-state index >= 15 is 0 Å². The van der Waals surface area contributed by atoms with Crippen LogP contribution in [0.1, 0.15) is 56.5 Å². The van der Waals surface area contributed by atoms with Crippen molar-refractivity contribution in [2.45, 2.75) is 50.9 Å². The molecular formula is C23H27ClN6O2S. The van der Waals surface area contributed by atoms with E-state index in [1.54, 1.807) is 12.1 Å². The first-order valence-electron chi connectivity index (χ1n) is 11.2. The molecule has 2 aliphatic rings. The van der Waals surface area contributed by atoms with Crippen molar-refractivity contribution in [1.29, 1.82) is 0 Å². The summed E-state index contributed by atoms with van der Waals surface area (Å²) in [5.74, 6) is -0.338. The summed E-state index contributed by atoms with van der Waals surface area (Å²) in [5, 5.41) is 12.5. The number of aromatic amines is 1.